The van der Waals surface area contributed by atoms with Crippen LogP contribution in [0.5, 0.6) is 5.75 Å². The van der Waals surface area contributed by atoms with Crippen molar-refractivity contribution in [3.8, 4) is 17.1 Å². The number of nitro benzene ring substituents is 1. The van der Waals surface area contributed by atoms with Crippen LogP contribution in [0.2, 0.25) is 0 Å². The quantitative estimate of drug-likeness (QED) is 0.609. The zero-order chi connectivity index (χ0) is 13.3. The van der Waals surface area contributed by atoms with Crippen LogP contribution in [0.15, 0.2) is 18.2 Å². The summed E-state index contributed by atoms with van der Waals surface area (Å²) in [6, 6.07) is 4.71. The van der Waals surface area contributed by atoms with E-state index in [4.69, 9.17) is 4.74 Å². The number of rotatable bonds is 3. The highest BCUT2D eigenvalue weighted by atomic mass is 16.6. The van der Waals surface area contributed by atoms with Crippen molar-refractivity contribution in [2.24, 2.45) is 7.05 Å². The molecule has 7 nitrogen and oxygen atoms in total. The Hall–Kier alpha value is -2.44. The van der Waals surface area contributed by atoms with E-state index in [-0.39, 0.29) is 11.4 Å². The fourth-order valence-electron chi connectivity index (χ4n) is 1.81. The smallest absolute Gasteiger partial charge is 0.311 e. The Balaban J connectivity index is 2.68. The van der Waals surface area contributed by atoms with Crippen molar-refractivity contribution in [3.05, 3.63) is 34.1 Å². The summed E-state index contributed by atoms with van der Waals surface area (Å²) in [7, 11) is 3.13. The van der Waals surface area contributed by atoms with E-state index in [1.807, 2.05) is 0 Å². The summed E-state index contributed by atoms with van der Waals surface area (Å²) >= 11 is 0. The van der Waals surface area contributed by atoms with E-state index in [2.05, 4.69) is 10.1 Å². The molecule has 0 aliphatic heterocycles. The monoisotopic (exact) mass is 248 g/mol. The fourth-order valence-corrected chi connectivity index (χ4v) is 1.81. The molecule has 7 heteroatoms. The molecule has 1 aromatic heterocycles. The van der Waals surface area contributed by atoms with Gasteiger partial charge in [-0.25, -0.2) is 9.67 Å². The number of hydrogen-bond acceptors (Lipinski definition) is 5. The first kappa shape index (κ1) is 12.0. The van der Waals surface area contributed by atoms with Gasteiger partial charge in [0.05, 0.1) is 17.6 Å². The molecule has 0 aliphatic rings. The van der Waals surface area contributed by atoms with Gasteiger partial charge < -0.3 is 4.74 Å². The van der Waals surface area contributed by atoms with Crippen molar-refractivity contribution in [3.63, 3.8) is 0 Å². The maximum Gasteiger partial charge on any atom is 0.311 e. The molecule has 0 bridgehead atoms. The minimum absolute atomic E-state index is 0.0874. The highest BCUT2D eigenvalue weighted by molar-refractivity contribution is 5.71. The van der Waals surface area contributed by atoms with Crippen LogP contribution >= 0.6 is 0 Å². The molecule has 0 aliphatic carbocycles. The summed E-state index contributed by atoms with van der Waals surface area (Å²) in [5.74, 6) is 1.33. The standard InChI is InChI=1S/C11H12N4O3/c1-7-12-11(14(2)13-7)8-5-4-6-9(15(16)17)10(8)18-3/h4-6H,1-3H3. The SMILES string of the molecule is COc1c(-c2nc(C)nn2C)cccc1[N+](=O)[O-]. The number of nitrogens with zero attached hydrogens (tertiary/aromatic N) is 4. The molecule has 2 rings (SSSR count). The first-order chi connectivity index (χ1) is 8.54. The van der Waals surface area contributed by atoms with Gasteiger partial charge in [0.25, 0.3) is 0 Å². The molecule has 0 fully saturated rings. The number of aromatic nitrogens is 3. The predicted octanol–water partition coefficient (Wildman–Crippen LogP) is 1.71. The van der Waals surface area contributed by atoms with Gasteiger partial charge in [-0.2, -0.15) is 5.10 Å². The Morgan fingerprint density at radius 1 is 1.44 bits per heavy atom. The van der Waals surface area contributed by atoms with Gasteiger partial charge in [-0.05, 0) is 13.0 Å². The molecule has 1 heterocycles. The molecular weight excluding hydrogens is 236 g/mol. The van der Waals surface area contributed by atoms with Gasteiger partial charge >= 0.3 is 5.69 Å². The molecule has 94 valence electrons. The Labute approximate surface area is 103 Å². The average molecular weight is 248 g/mol. The van der Waals surface area contributed by atoms with Crippen LogP contribution in [-0.2, 0) is 7.05 Å². The second-order valence-corrected chi connectivity index (χ2v) is 3.72. The van der Waals surface area contributed by atoms with E-state index < -0.39 is 4.92 Å². The first-order valence-corrected chi connectivity index (χ1v) is 5.24. The van der Waals surface area contributed by atoms with Crippen LogP contribution in [0.3, 0.4) is 0 Å². The third kappa shape index (κ3) is 1.90. The number of methoxy groups -OCH3 is 1. The summed E-state index contributed by atoms with van der Waals surface area (Å²) in [6.45, 7) is 1.76. The van der Waals surface area contributed by atoms with Crippen molar-refractivity contribution < 1.29 is 9.66 Å². The summed E-state index contributed by atoms with van der Waals surface area (Å²) in [5.41, 5.74) is 0.463. The molecule has 18 heavy (non-hydrogen) atoms. The molecule has 0 saturated heterocycles. The van der Waals surface area contributed by atoms with Crippen molar-refractivity contribution in [1.29, 1.82) is 0 Å². The molecule has 0 amide bonds. The van der Waals surface area contributed by atoms with Gasteiger partial charge in [0, 0.05) is 13.1 Å². The third-order valence-electron chi connectivity index (χ3n) is 2.50. The average Bonchev–Trinajstić information content (AvgIpc) is 2.67. The second kappa shape index (κ2) is 4.44. The molecule has 0 saturated carbocycles. The topological polar surface area (TPSA) is 83.1 Å². The van der Waals surface area contributed by atoms with Gasteiger partial charge in [0.15, 0.2) is 5.82 Å². The number of ether oxygens (including phenoxy) is 1. The Morgan fingerprint density at radius 2 is 2.17 bits per heavy atom. The number of benzene rings is 1. The zero-order valence-corrected chi connectivity index (χ0v) is 10.2. The lowest BCUT2D eigenvalue weighted by Crippen LogP contribution is -1.99. The van der Waals surface area contributed by atoms with Crippen LogP contribution in [0, 0.1) is 17.0 Å². The lowest BCUT2D eigenvalue weighted by molar-refractivity contribution is -0.385. The van der Waals surface area contributed by atoms with Crippen LogP contribution in [0.4, 0.5) is 5.69 Å². The molecule has 0 N–H and O–H groups in total. The first-order valence-electron chi connectivity index (χ1n) is 5.24. The van der Waals surface area contributed by atoms with Crippen LogP contribution in [0.25, 0.3) is 11.4 Å². The zero-order valence-electron chi connectivity index (χ0n) is 10.2. The molecule has 0 unspecified atom stereocenters. The normalized spacial score (nSPS) is 10.4. The number of para-hydroxylation sites is 1. The molecule has 0 spiro atoms. The van der Waals surface area contributed by atoms with E-state index in [1.165, 1.54) is 13.2 Å². The van der Waals surface area contributed by atoms with Crippen molar-refractivity contribution in [2.45, 2.75) is 6.92 Å². The highest BCUT2D eigenvalue weighted by Gasteiger charge is 2.21. The minimum atomic E-state index is -0.481. The largest absolute Gasteiger partial charge is 0.490 e. The molecular formula is C11H12N4O3. The van der Waals surface area contributed by atoms with E-state index in [9.17, 15) is 10.1 Å². The van der Waals surface area contributed by atoms with Crippen molar-refractivity contribution >= 4 is 5.69 Å². The summed E-state index contributed by atoms with van der Waals surface area (Å²) in [5, 5.41) is 15.1. The summed E-state index contributed by atoms with van der Waals surface area (Å²) < 4.78 is 6.70. The minimum Gasteiger partial charge on any atom is -0.490 e. The van der Waals surface area contributed by atoms with E-state index in [0.717, 1.165) is 0 Å². The summed E-state index contributed by atoms with van der Waals surface area (Å²) in [4.78, 5) is 14.7. The maximum atomic E-state index is 10.9. The lowest BCUT2D eigenvalue weighted by Gasteiger charge is -2.07. The van der Waals surface area contributed by atoms with Gasteiger partial charge in [0.1, 0.15) is 5.82 Å². The van der Waals surface area contributed by atoms with E-state index in [0.29, 0.717) is 17.2 Å². The predicted molar refractivity (Wildman–Crippen MR) is 64.4 cm³/mol. The van der Waals surface area contributed by atoms with Gasteiger partial charge in [0.2, 0.25) is 5.75 Å². The third-order valence-corrected chi connectivity index (χ3v) is 2.50. The fraction of sp³-hybridized carbons (Fsp3) is 0.273. The van der Waals surface area contributed by atoms with E-state index in [1.54, 1.807) is 30.8 Å². The van der Waals surface area contributed by atoms with Crippen LogP contribution < -0.4 is 4.74 Å². The Kier molecular flexibility index (Phi) is 2.97. The second-order valence-electron chi connectivity index (χ2n) is 3.72. The van der Waals surface area contributed by atoms with Gasteiger partial charge in [-0.1, -0.05) is 6.07 Å². The highest BCUT2D eigenvalue weighted by Crippen LogP contribution is 2.36. The number of aryl methyl sites for hydroxylation is 2. The van der Waals surface area contributed by atoms with Crippen LogP contribution in [-0.4, -0.2) is 26.8 Å². The maximum absolute atomic E-state index is 10.9. The Morgan fingerprint density at radius 3 is 2.67 bits per heavy atom. The number of hydrogen-bond donors (Lipinski definition) is 0. The van der Waals surface area contributed by atoms with Crippen molar-refractivity contribution in [2.75, 3.05) is 7.11 Å². The van der Waals surface area contributed by atoms with Crippen molar-refractivity contribution in [1.82, 2.24) is 14.8 Å². The summed E-state index contributed by atoms with van der Waals surface area (Å²) in [6.07, 6.45) is 0. The molecule has 2 aromatic rings. The van der Waals surface area contributed by atoms with Crippen LogP contribution in [0.1, 0.15) is 5.82 Å². The molecule has 1 aromatic carbocycles. The van der Waals surface area contributed by atoms with Gasteiger partial charge in [-0.3, -0.25) is 10.1 Å². The molecule has 0 radical (unpaired) electrons. The van der Waals surface area contributed by atoms with Gasteiger partial charge in [-0.15, -0.1) is 0 Å². The Bertz CT molecular complexity index is 606. The van der Waals surface area contributed by atoms with E-state index >= 15 is 0 Å². The lowest BCUT2D eigenvalue weighted by atomic mass is 10.1. The number of nitro groups is 1. The molecule has 0 atom stereocenters.